The van der Waals surface area contributed by atoms with Crippen molar-refractivity contribution in [3.63, 3.8) is 0 Å². The van der Waals surface area contributed by atoms with Crippen molar-refractivity contribution in [3.05, 3.63) is 29.8 Å². The van der Waals surface area contributed by atoms with Crippen LogP contribution in [0.2, 0.25) is 0 Å². The summed E-state index contributed by atoms with van der Waals surface area (Å²) in [6, 6.07) is 5.92. The molecule has 1 aliphatic heterocycles. The van der Waals surface area contributed by atoms with Gasteiger partial charge in [0.15, 0.2) is 0 Å². The Morgan fingerprint density at radius 1 is 1.38 bits per heavy atom. The van der Waals surface area contributed by atoms with E-state index in [0.29, 0.717) is 18.0 Å². The van der Waals surface area contributed by atoms with Crippen LogP contribution in [0.25, 0.3) is 0 Å². The van der Waals surface area contributed by atoms with Gasteiger partial charge in [-0.15, -0.1) is 12.4 Å². The summed E-state index contributed by atoms with van der Waals surface area (Å²) in [6.07, 6.45) is 2.08. The Kier molecular flexibility index (Phi) is 8.15. The number of carbonyl (C=O) groups excluding carboxylic acids is 1. The standard InChI is InChI=1S/C16H25N3O3S.ClH/c1-12(2)19-23(21,22)15-5-3-4-14(10-15)16(20)18-9-7-13-6-8-17-11-13;/h3-5,10,12-13,17,19H,6-9,11H2,1-2H3,(H,18,20);1H. The zero-order valence-electron chi connectivity index (χ0n) is 14.0. The fourth-order valence-corrected chi connectivity index (χ4v) is 3.93. The third-order valence-electron chi connectivity index (χ3n) is 3.80. The van der Waals surface area contributed by atoms with Crippen LogP contribution in [0.5, 0.6) is 0 Å². The number of halogens is 1. The zero-order valence-corrected chi connectivity index (χ0v) is 15.7. The molecule has 1 aromatic rings. The molecule has 136 valence electrons. The Balaban J connectivity index is 0.00000288. The largest absolute Gasteiger partial charge is 0.352 e. The van der Waals surface area contributed by atoms with E-state index in [1.54, 1.807) is 26.0 Å². The van der Waals surface area contributed by atoms with Crippen molar-refractivity contribution in [3.8, 4) is 0 Å². The first-order valence-corrected chi connectivity index (χ1v) is 9.48. The first-order chi connectivity index (χ1) is 10.9. The first kappa shape index (κ1) is 20.9. The van der Waals surface area contributed by atoms with E-state index in [1.807, 2.05) is 0 Å². The Bertz CT molecular complexity index is 644. The summed E-state index contributed by atoms with van der Waals surface area (Å²) in [4.78, 5) is 12.3. The van der Waals surface area contributed by atoms with Crippen LogP contribution in [-0.2, 0) is 10.0 Å². The molecule has 1 aliphatic rings. The smallest absolute Gasteiger partial charge is 0.251 e. The zero-order chi connectivity index (χ0) is 16.9. The maximum atomic E-state index is 12.2. The van der Waals surface area contributed by atoms with Crippen molar-refractivity contribution < 1.29 is 13.2 Å². The molecule has 1 aromatic carbocycles. The third-order valence-corrected chi connectivity index (χ3v) is 5.45. The number of carbonyl (C=O) groups is 1. The predicted molar refractivity (Wildman–Crippen MR) is 97.1 cm³/mol. The number of sulfonamides is 1. The molecule has 0 aliphatic carbocycles. The maximum Gasteiger partial charge on any atom is 0.251 e. The van der Waals surface area contributed by atoms with Gasteiger partial charge in [0.05, 0.1) is 4.90 Å². The molecular formula is C16H26ClN3O3S. The van der Waals surface area contributed by atoms with Gasteiger partial charge in [-0.05, 0) is 63.9 Å². The minimum atomic E-state index is -3.59. The van der Waals surface area contributed by atoms with Crippen molar-refractivity contribution in [2.45, 2.75) is 37.6 Å². The minimum absolute atomic E-state index is 0. The molecule has 8 heteroatoms. The van der Waals surface area contributed by atoms with Gasteiger partial charge >= 0.3 is 0 Å². The van der Waals surface area contributed by atoms with Gasteiger partial charge in [-0.3, -0.25) is 4.79 Å². The van der Waals surface area contributed by atoms with E-state index in [-0.39, 0.29) is 29.3 Å². The summed E-state index contributed by atoms with van der Waals surface area (Å²) < 4.78 is 26.8. The SMILES string of the molecule is CC(C)NS(=O)(=O)c1cccc(C(=O)NCCC2CCNC2)c1.Cl. The van der Waals surface area contributed by atoms with Gasteiger partial charge in [-0.2, -0.15) is 0 Å². The molecule has 1 atom stereocenters. The number of nitrogens with one attached hydrogen (secondary N) is 3. The first-order valence-electron chi connectivity index (χ1n) is 8.00. The monoisotopic (exact) mass is 375 g/mol. The molecule has 0 spiro atoms. The van der Waals surface area contributed by atoms with Crippen molar-refractivity contribution in [2.24, 2.45) is 5.92 Å². The molecule has 1 unspecified atom stereocenters. The summed E-state index contributed by atoms with van der Waals surface area (Å²) in [7, 11) is -3.59. The van der Waals surface area contributed by atoms with Gasteiger partial charge < -0.3 is 10.6 Å². The van der Waals surface area contributed by atoms with Gasteiger partial charge in [-0.25, -0.2) is 13.1 Å². The van der Waals surface area contributed by atoms with Crippen molar-refractivity contribution >= 4 is 28.3 Å². The van der Waals surface area contributed by atoms with Gasteiger partial charge in [0, 0.05) is 18.2 Å². The van der Waals surface area contributed by atoms with Gasteiger partial charge in [0.1, 0.15) is 0 Å². The highest BCUT2D eigenvalue weighted by Gasteiger charge is 2.18. The van der Waals surface area contributed by atoms with Crippen LogP contribution >= 0.6 is 12.4 Å². The molecule has 0 radical (unpaired) electrons. The second kappa shape index (κ2) is 9.36. The number of amides is 1. The maximum absolute atomic E-state index is 12.2. The summed E-state index contributed by atoms with van der Waals surface area (Å²) in [6.45, 7) is 6.16. The minimum Gasteiger partial charge on any atom is -0.352 e. The highest BCUT2D eigenvalue weighted by molar-refractivity contribution is 7.89. The summed E-state index contributed by atoms with van der Waals surface area (Å²) in [5, 5.41) is 6.16. The average molecular weight is 376 g/mol. The summed E-state index contributed by atoms with van der Waals surface area (Å²) >= 11 is 0. The van der Waals surface area contributed by atoms with Gasteiger partial charge in [0.2, 0.25) is 10.0 Å². The molecule has 1 fully saturated rings. The fourth-order valence-electron chi connectivity index (χ4n) is 2.64. The van der Waals surface area contributed by atoms with E-state index in [9.17, 15) is 13.2 Å². The Morgan fingerprint density at radius 3 is 2.75 bits per heavy atom. The van der Waals surface area contributed by atoms with Crippen LogP contribution in [0.3, 0.4) is 0 Å². The topological polar surface area (TPSA) is 87.3 Å². The molecule has 3 N–H and O–H groups in total. The van der Waals surface area contributed by atoms with Crippen LogP contribution < -0.4 is 15.4 Å². The van der Waals surface area contributed by atoms with Crippen LogP contribution in [0.1, 0.15) is 37.0 Å². The summed E-state index contributed by atoms with van der Waals surface area (Å²) in [5.41, 5.74) is 0.362. The number of rotatable bonds is 7. The molecule has 24 heavy (non-hydrogen) atoms. The molecule has 0 aromatic heterocycles. The molecule has 1 saturated heterocycles. The quantitative estimate of drug-likeness (QED) is 0.674. The molecule has 6 nitrogen and oxygen atoms in total. The van der Waals surface area contributed by atoms with Crippen molar-refractivity contribution in [2.75, 3.05) is 19.6 Å². The van der Waals surface area contributed by atoms with E-state index < -0.39 is 10.0 Å². The molecule has 0 saturated carbocycles. The van der Waals surface area contributed by atoms with E-state index >= 15 is 0 Å². The number of hydrogen-bond acceptors (Lipinski definition) is 4. The van der Waals surface area contributed by atoms with Gasteiger partial charge in [-0.1, -0.05) is 6.07 Å². The van der Waals surface area contributed by atoms with Crippen LogP contribution in [-0.4, -0.2) is 40.0 Å². The van der Waals surface area contributed by atoms with Crippen LogP contribution in [0.4, 0.5) is 0 Å². The van der Waals surface area contributed by atoms with E-state index in [0.717, 1.165) is 25.9 Å². The highest BCUT2D eigenvalue weighted by atomic mass is 35.5. The van der Waals surface area contributed by atoms with Crippen molar-refractivity contribution in [1.29, 1.82) is 0 Å². The molecule has 1 heterocycles. The lowest BCUT2D eigenvalue weighted by molar-refractivity contribution is 0.0951. The number of benzene rings is 1. The molecule has 1 amide bonds. The average Bonchev–Trinajstić information content (AvgIpc) is 2.99. The van der Waals surface area contributed by atoms with Crippen LogP contribution in [0.15, 0.2) is 29.2 Å². The third kappa shape index (κ3) is 6.05. The van der Waals surface area contributed by atoms with Gasteiger partial charge in [0.25, 0.3) is 5.91 Å². The van der Waals surface area contributed by atoms with Crippen LogP contribution in [0, 0.1) is 5.92 Å². The van der Waals surface area contributed by atoms with E-state index in [2.05, 4.69) is 15.4 Å². The Morgan fingerprint density at radius 2 is 2.12 bits per heavy atom. The lowest BCUT2D eigenvalue weighted by Crippen LogP contribution is -2.31. The summed E-state index contributed by atoms with van der Waals surface area (Å²) in [5.74, 6) is 0.370. The normalized spacial score (nSPS) is 17.5. The lowest BCUT2D eigenvalue weighted by Gasteiger charge is -2.12. The van der Waals surface area contributed by atoms with E-state index in [1.165, 1.54) is 12.1 Å². The molecule has 0 bridgehead atoms. The van der Waals surface area contributed by atoms with Crippen molar-refractivity contribution in [1.82, 2.24) is 15.4 Å². The Labute approximate surface area is 150 Å². The Hall–Kier alpha value is -1.15. The highest BCUT2D eigenvalue weighted by Crippen LogP contribution is 2.13. The lowest BCUT2D eigenvalue weighted by atomic mass is 10.1. The fraction of sp³-hybridized carbons (Fsp3) is 0.562. The number of hydrogen-bond donors (Lipinski definition) is 3. The molecule has 2 rings (SSSR count). The van der Waals surface area contributed by atoms with E-state index in [4.69, 9.17) is 0 Å². The molecular weight excluding hydrogens is 350 g/mol. The second-order valence-electron chi connectivity index (χ2n) is 6.21. The predicted octanol–water partition coefficient (Wildman–Crippen LogP) is 1.52. The second-order valence-corrected chi connectivity index (χ2v) is 7.92.